The molecule has 0 saturated carbocycles. The molecule has 2 N–H and O–H groups in total. The summed E-state index contributed by atoms with van der Waals surface area (Å²) >= 11 is 0. The molecule has 11 heteroatoms. The second kappa shape index (κ2) is 5.35. The molecule has 126 valence electrons. The Morgan fingerprint density at radius 2 is 1.46 bits per heavy atom. The SMILES string of the molecule is FC(F)(F)c1cc(Nc2ncnc3[nH]cnc23)cc(C(F)(F)F)c1. The van der Waals surface area contributed by atoms with Gasteiger partial charge >= 0.3 is 12.4 Å². The number of nitrogens with one attached hydrogen (secondary N) is 2. The van der Waals surface area contributed by atoms with Gasteiger partial charge in [0, 0.05) is 5.69 Å². The fraction of sp³-hybridized carbons (Fsp3) is 0.154. The molecule has 0 saturated heterocycles. The molecule has 0 fully saturated rings. The number of benzene rings is 1. The van der Waals surface area contributed by atoms with Gasteiger partial charge in [0.25, 0.3) is 0 Å². The minimum atomic E-state index is -4.93. The third kappa shape index (κ3) is 3.09. The van der Waals surface area contributed by atoms with E-state index >= 15 is 0 Å². The molecule has 3 aromatic rings. The van der Waals surface area contributed by atoms with Gasteiger partial charge in [0.15, 0.2) is 17.0 Å². The number of hydrogen-bond acceptors (Lipinski definition) is 4. The molecule has 0 aliphatic rings. The van der Waals surface area contributed by atoms with E-state index in [-0.39, 0.29) is 23.0 Å². The smallest absolute Gasteiger partial charge is 0.338 e. The maximum absolute atomic E-state index is 12.8. The number of fused-ring (bicyclic) bond motifs is 1. The van der Waals surface area contributed by atoms with E-state index in [1.54, 1.807) is 0 Å². The number of aromatic nitrogens is 4. The van der Waals surface area contributed by atoms with Crippen molar-refractivity contribution in [3.8, 4) is 0 Å². The highest BCUT2D eigenvalue weighted by molar-refractivity contribution is 5.84. The molecular weight excluding hydrogens is 340 g/mol. The molecule has 0 atom stereocenters. The number of aromatic amines is 1. The van der Waals surface area contributed by atoms with Gasteiger partial charge in [-0.15, -0.1) is 0 Å². The summed E-state index contributed by atoms with van der Waals surface area (Å²) in [5.74, 6) is -0.0197. The van der Waals surface area contributed by atoms with Gasteiger partial charge in [-0.25, -0.2) is 15.0 Å². The van der Waals surface area contributed by atoms with Gasteiger partial charge in [0.2, 0.25) is 0 Å². The molecule has 0 radical (unpaired) electrons. The van der Waals surface area contributed by atoms with Gasteiger partial charge in [0.05, 0.1) is 17.5 Å². The third-order valence-corrected chi connectivity index (χ3v) is 3.07. The summed E-state index contributed by atoms with van der Waals surface area (Å²) in [4.78, 5) is 14.1. The fourth-order valence-electron chi connectivity index (χ4n) is 2.02. The number of anilines is 2. The molecule has 5 nitrogen and oxygen atoms in total. The first-order valence-electron chi connectivity index (χ1n) is 6.35. The number of imidazole rings is 1. The zero-order valence-corrected chi connectivity index (χ0v) is 11.5. The molecule has 2 heterocycles. The Morgan fingerprint density at radius 3 is 2.04 bits per heavy atom. The van der Waals surface area contributed by atoms with Crippen molar-refractivity contribution in [1.29, 1.82) is 0 Å². The molecular formula is C13H7F6N5. The molecule has 3 rings (SSSR count). The molecule has 0 amide bonds. The topological polar surface area (TPSA) is 66.5 Å². The van der Waals surface area contributed by atoms with Crippen molar-refractivity contribution < 1.29 is 26.3 Å². The summed E-state index contributed by atoms with van der Waals surface area (Å²) < 4.78 is 77.0. The molecule has 1 aromatic carbocycles. The minimum absolute atomic E-state index is 0.0197. The second-order valence-electron chi connectivity index (χ2n) is 4.74. The van der Waals surface area contributed by atoms with E-state index in [0.29, 0.717) is 12.1 Å². The van der Waals surface area contributed by atoms with Crippen molar-refractivity contribution in [2.45, 2.75) is 12.4 Å². The van der Waals surface area contributed by atoms with Crippen LogP contribution in [0.3, 0.4) is 0 Å². The Balaban J connectivity index is 2.08. The van der Waals surface area contributed by atoms with E-state index in [2.05, 4.69) is 25.3 Å². The summed E-state index contributed by atoms with van der Waals surface area (Å²) in [7, 11) is 0. The second-order valence-corrected chi connectivity index (χ2v) is 4.74. The Morgan fingerprint density at radius 1 is 0.833 bits per heavy atom. The van der Waals surface area contributed by atoms with Gasteiger partial charge in [-0.2, -0.15) is 26.3 Å². The van der Waals surface area contributed by atoms with Crippen LogP contribution < -0.4 is 5.32 Å². The average molecular weight is 347 g/mol. The maximum Gasteiger partial charge on any atom is 0.416 e. The Labute approximate surface area is 129 Å². The van der Waals surface area contributed by atoms with Crippen LogP contribution in [0.25, 0.3) is 11.2 Å². The molecule has 0 aliphatic carbocycles. The fourth-order valence-corrected chi connectivity index (χ4v) is 2.02. The molecule has 0 aliphatic heterocycles. The Bertz CT molecular complexity index is 850. The number of halogens is 6. The summed E-state index contributed by atoms with van der Waals surface area (Å²) in [5, 5.41) is 2.42. The zero-order chi connectivity index (χ0) is 17.5. The first kappa shape index (κ1) is 16.0. The molecule has 0 spiro atoms. The highest BCUT2D eigenvalue weighted by Crippen LogP contribution is 2.38. The summed E-state index contributed by atoms with van der Waals surface area (Å²) in [6.45, 7) is 0. The lowest BCUT2D eigenvalue weighted by Crippen LogP contribution is -2.11. The lowest BCUT2D eigenvalue weighted by Gasteiger charge is -2.15. The zero-order valence-electron chi connectivity index (χ0n) is 11.5. The lowest BCUT2D eigenvalue weighted by molar-refractivity contribution is -0.143. The average Bonchev–Trinajstić information content (AvgIpc) is 2.94. The van der Waals surface area contributed by atoms with E-state index in [1.165, 1.54) is 6.33 Å². The number of H-pyrrole nitrogens is 1. The monoisotopic (exact) mass is 347 g/mol. The van der Waals surface area contributed by atoms with Crippen LogP contribution in [0.4, 0.5) is 37.8 Å². The van der Waals surface area contributed by atoms with E-state index in [0.717, 1.165) is 6.33 Å². The predicted octanol–water partition coefficient (Wildman–Crippen LogP) is 4.13. The summed E-state index contributed by atoms with van der Waals surface area (Å²) in [6.07, 6.45) is -7.48. The number of nitrogens with zero attached hydrogens (tertiary/aromatic N) is 3. The van der Waals surface area contributed by atoms with Crippen LogP contribution in [0, 0.1) is 0 Å². The van der Waals surface area contributed by atoms with Gasteiger partial charge < -0.3 is 10.3 Å². The summed E-state index contributed by atoms with van der Waals surface area (Å²) in [5.41, 5.74) is -2.79. The van der Waals surface area contributed by atoms with E-state index in [4.69, 9.17) is 0 Å². The summed E-state index contributed by atoms with van der Waals surface area (Å²) in [6, 6.07) is 1.18. The number of rotatable bonds is 2. The highest BCUT2D eigenvalue weighted by Gasteiger charge is 2.37. The highest BCUT2D eigenvalue weighted by atomic mass is 19.4. The van der Waals surface area contributed by atoms with Crippen LogP contribution in [-0.4, -0.2) is 19.9 Å². The Hall–Kier alpha value is -2.85. The first-order chi connectivity index (χ1) is 11.1. The largest absolute Gasteiger partial charge is 0.416 e. The van der Waals surface area contributed by atoms with E-state index in [9.17, 15) is 26.3 Å². The van der Waals surface area contributed by atoms with Crippen molar-refractivity contribution in [3.05, 3.63) is 42.0 Å². The molecule has 2 aromatic heterocycles. The van der Waals surface area contributed by atoms with Crippen LogP contribution in [0.1, 0.15) is 11.1 Å². The number of alkyl halides is 6. The van der Waals surface area contributed by atoms with Crippen LogP contribution in [0.2, 0.25) is 0 Å². The van der Waals surface area contributed by atoms with E-state index in [1.807, 2.05) is 0 Å². The normalized spacial score (nSPS) is 12.6. The third-order valence-electron chi connectivity index (χ3n) is 3.07. The lowest BCUT2D eigenvalue weighted by atomic mass is 10.1. The van der Waals surface area contributed by atoms with Crippen molar-refractivity contribution in [3.63, 3.8) is 0 Å². The number of hydrogen-bond donors (Lipinski definition) is 2. The standard InChI is InChI=1S/C13H7F6N5/c14-12(15,16)6-1-7(13(17,18)19)3-8(2-6)24-11-9-10(21-4-20-9)22-5-23-11/h1-5H,(H2,20,21,22,23,24). The molecule has 0 bridgehead atoms. The van der Waals surface area contributed by atoms with Crippen LogP contribution >= 0.6 is 0 Å². The van der Waals surface area contributed by atoms with Gasteiger partial charge in [-0.1, -0.05) is 0 Å². The first-order valence-corrected chi connectivity index (χ1v) is 6.35. The predicted molar refractivity (Wildman–Crippen MR) is 71.4 cm³/mol. The minimum Gasteiger partial charge on any atom is -0.338 e. The van der Waals surface area contributed by atoms with Crippen molar-refractivity contribution in [1.82, 2.24) is 19.9 Å². The van der Waals surface area contributed by atoms with Crippen molar-refractivity contribution >= 4 is 22.7 Å². The van der Waals surface area contributed by atoms with Crippen molar-refractivity contribution in [2.75, 3.05) is 5.32 Å². The van der Waals surface area contributed by atoms with E-state index < -0.39 is 29.2 Å². The van der Waals surface area contributed by atoms with Crippen molar-refractivity contribution in [2.24, 2.45) is 0 Å². The maximum atomic E-state index is 12.8. The van der Waals surface area contributed by atoms with Gasteiger partial charge in [-0.05, 0) is 18.2 Å². The Kier molecular flexibility index (Phi) is 3.57. The van der Waals surface area contributed by atoms with Gasteiger partial charge in [-0.3, -0.25) is 0 Å². The van der Waals surface area contributed by atoms with Gasteiger partial charge in [0.1, 0.15) is 6.33 Å². The quantitative estimate of drug-likeness (QED) is 0.684. The van der Waals surface area contributed by atoms with Crippen LogP contribution in [-0.2, 0) is 12.4 Å². The van der Waals surface area contributed by atoms with Crippen LogP contribution in [0.15, 0.2) is 30.9 Å². The van der Waals surface area contributed by atoms with Crippen LogP contribution in [0.5, 0.6) is 0 Å². The molecule has 24 heavy (non-hydrogen) atoms. The molecule has 0 unspecified atom stereocenters.